The van der Waals surface area contributed by atoms with Crippen molar-refractivity contribution in [2.24, 2.45) is 0 Å². The lowest BCUT2D eigenvalue weighted by Crippen LogP contribution is -2.26. The minimum atomic E-state index is 0.379. The van der Waals surface area contributed by atoms with Gasteiger partial charge in [0.05, 0.1) is 13.2 Å². The zero-order valence-corrected chi connectivity index (χ0v) is 10.3. The van der Waals surface area contributed by atoms with Gasteiger partial charge in [-0.15, -0.1) is 0 Å². The van der Waals surface area contributed by atoms with Crippen LogP contribution in [0.3, 0.4) is 0 Å². The van der Waals surface area contributed by atoms with Crippen LogP contribution < -0.4 is 14.8 Å². The lowest BCUT2D eigenvalue weighted by Gasteiger charge is -2.13. The van der Waals surface area contributed by atoms with Gasteiger partial charge in [-0.2, -0.15) is 0 Å². The molecule has 17 heavy (non-hydrogen) atoms. The zero-order valence-electron chi connectivity index (χ0n) is 10.3. The standard InChI is InChI=1S/C14H19NO2/c1-14(5-6-14)15-10-11-3-4-12-13(9-11)17-8-2-7-16-12/h3-4,9,15H,2,5-8,10H2,1H3. The first-order valence-electron chi connectivity index (χ1n) is 6.39. The molecule has 0 aromatic heterocycles. The summed E-state index contributed by atoms with van der Waals surface area (Å²) < 4.78 is 11.3. The predicted molar refractivity (Wildman–Crippen MR) is 66.5 cm³/mol. The van der Waals surface area contributed by atoms with Gasteiger partial charge < -0.3 is 14.8 Å². The fourth-order valence-electron chi connectivity index (χ4n) is 2.00. The molecular formula is C14H19NO2. The molecule has 1 fully saturated rings. The van der Waals surface area contributed by atoms with E-state index in [0.29, 0.717) is 5.54 Å². The molecule has 1 aliphatic carbocycles. The summed E-state index contributed by atoms with van der Waals surface area (Å²) in [5.74, 6) is 1.77. The highest BCUT2D eigenvalue weighted by Crippen LogP contribution is 2.35. The van der Waals surface area contributed by atoms with Crippen molar-refractivity contribution in [3.8, 4) is 11.5 Å². The van der Waals surface area contributed by atoms with Crippen LogP contribution in [0.5, 0.6) is 11.5 Å². The molecule has 1 aromatic rings. The molecule has 0 amide bonds. The average molecular weight is 233 g/mol. The van der Waals surface area contributed by atoms with Gasteiger partial charge in [-0.05, 0) is 37.5 Å². The number of fused-ring (bicyclic) bond motifs is 1. The van der Waals surface area contributed by atoms with Gasteiger partial charge in [0.25, 0.3) is 0 Å². The maximum Gasteiger partial charge on any atom is 0.161 e. The lowest BCUT2D eigenvalue weighted by molar-refractivity contribution is 0.297. The average Bonchev–Trinajstić information content (AvgIpc) is 3.10. The maximum atomic E-state index is 5.68. The summed E-state index contributed by atoms with van der Waals surface area (Å²) in [5, 5.41) is 3.58. The number of hydrogen-bond acceptors (Lipinski definition) is 3. The van der Waals surface area contributed by atoms with Crippen molar-refractivity contribution in [3.63, 3.8) is 0 Å². The summed E-state index contributed by atoms with van der Waals surface area (Å²) in [6, 6.07) is 6.23. The molecule has 0 atom stereocenters. The Hall–Kier alpha value is -1.22. The molecule has 1 N–H and O–H groups in total. The first-order chi connectivity index (χ1) is 8.25. The number of rotatable bonds is 3. The highest BCUT2D eigenvalue weighted by molar-refractivity contribution is 5.43. The Kier molecular flexibility index (Phi) is 2.71. The Morgan fingerprint density at radius 1 is 1.18 bits per heavy atom. The first-order valence-corrected chi connectivity index (χ1v) is 6.39. The highest BCUT2D eigenvalue weighted by Gasteiger charge is 2.36. The molecule has 0 radical (unpaired) electrons. The molecule has 2 aliphatic rings. The van der Waals surface area contributed by atoms with Crippen LogP contribution in [0.2, 0.25) is 0 Å². The van der Waals surface area contributed by atoms with Gasteiger partial charge >= 0.3 is 0 Å². The first kappa shape index (κ1) is 10.9. The van der Waals surface area contributed by atoms with E-state index in [4.69, 9.17) is 9.47 Å². The lowest BCUT2D eigenvalue weighted by atomic mass is 10.2. The second-order valence-electron chi connectivity index (χ2n) is 5.25. The second kappa shape index (κ2) is 4.22. The largest absolute Gasteiger partial charge is 0.490 e. The molecule has 1 saturated carbocycles. The monoisotopic (exact) mass is 233 g/mol. The molecule has 0 unspecified atom stereocenters. The Morgan fingerprint density at radius 2 is 1.94 bits per heavy atom. The fraction of sp³-hybridized carbons (Fsp3) is 0.571. The van der Waals surface area contributed by atoms with Crippen molar-refractivity contribution in [2.75, 3.05) is 13.2 Å². The van der Waals surface area contributed by atoms with Crippen LogP contribution in [0, 0.1) is 0 Å². The van der Waals surface area contributed by atoms with Crippen molar-refractivity contribution in [2.45, 2.75) is 38.3 Å². The molecule has 0 spiro atoms. The summed E-state index contributed by atoms with van der Waals surface area (Å²) in [4.78, 5) is 0. The van der Waals surface area contributed by atoms with Gasteiger partial charge in [-0.3, -0.25) is 0 Å². The van der Waals surface area contributed by atoms with E-state index < -0.39 is 0 Å². The Morgan fingerprint density at radius 3 is 2.71 bits per heavy atom. The molecule has 3 heteroatoms. The smallest absolute Gasteiger partial charge is 0.161 e. The van der Waals surface area contributed by atoms with Crippen LogP contribution >= 0.6 is 0 Å². The topological polar surface area (TPSA) is 30.5 Å². The van der Waals surface area contributed by atoms with Crippen LogP contribution in [0.25, 0.3) is 0 Å². The Bertz CT molecular complexity index is 413. The van der Waals surface area contributed by atoms with Gasteiger partial charge in [0, 0.05) is 18.5 Å². The third-order valence-corrected chi connectivity index (χ3v) is 3.53. The molecular weight excluding hydrogens is 214 g/mol. The molecule has 0 bridgehead atoms. The van der Waals surface area contributed by atoms with Crippen LogP contribution in [0.1, 0.15) is 31.7 Å². The number of ether oxygens (including phenoxy) is 2. The van der Waals surface area contributed by atoms with Crippen molar-refractivity contribution in [1.29, 1.82) is 0 Å². The molecule has 1 aromatic carbocycles. The molecule has 92 valence electrons. The van der Waals surface area contributed by atoms with Gasteiger partial charge in [0.1, 0.15) is 0 Å². The highest BCUT2D eigenvalue weighted by atomic mass is 16.5. The van der Waals surface area contributed by atoms with Crippen LogP contribution in [-0.4, -0.2) is 18.8 Å². The van der Waals surface area contributed by atoms with E-state index in [0.717, 1.165) is 37.7 Å². The van der Waals surface area contributed by atoms with Crippen molar-refractivity contribution in [1.82, 2.24) is 5.32 Å². The Balaban J connectivity index is 1.70. The van der Waals surface area contributed by atoms with Crippen molar-refractivity contribution >= 4 is 0 Å². The van der Waals surface area contributed by atoms with Gasteiger partial charge in [0.15, 0.2) is 11.5 Å². The normalized spacial score (nSPS) is 20.8. The van der Waals surface area contributed by atoms with Crippen LogP contribution in [0.4, 0.5) is 0 Å². The van der Waals surface area contributed by atoms with Gasteiger partial charge in [-0.1, -0.05) is 6.07 Å². The number of nitrogens with one attached hydrogen (secondary N) is 1. The molecule has 3 nitrogen and oxygen atoms in total. The van der Waals surface area contributed by atoms with E-state index in [1.165, 1.54) is 18.4 Å². The number of benzene rings is 1. The maximum absolute atomic E-state index is 5.68. The van der Waals surface area contributed by atoms with Gasteiger partial charge in [0.2, 0.25) is 0 Å². The van der Waals surface area contributed by atoms with E-state index in [-0.39, 0.29) is 0 Å². The van der Waals surface area contributed by atoms with Crippen molar-refractivity contribution in [3.05, 3.63) is 23.8 Å². The van der Waals surface area contributed by atoms with E-state index in [2.05, 4.69) is 24.4 Å². The quantitative estimate of drug-likeness (QED) is 0.870. The van der Waals surface area contributed by atoms with E-state index in [1.54, 1.807) is 0 Å². The summed E-state index contributed by atoms with van der Waals surface area (Å²) in [7, 11) is 0. The number of hydrogen-bond donors (Lipinski definition) is 1. The van der Waals surface area contributed by atoms with Crippen LogP contribution in [-0.2, 0) is 6.54 Å². The summed E-state index contributed by atoms with van der Waals surface area (Å²) in [6.07, 6.45) is 3.54. The molecule has 0 saturated heterocycles. The van der Waals surface area contributed by atoms with E-state index in [9.17, 15) is 0 Å². The van der Waals surface area contributed by atoms with Crippen LogP contribution in [0.15, 0.2) is 18.2 Å². The van der Waals surface area contributed by atoms with Crippen molar-refractivity contribution < 1.29 is 9.47 Å². The third-order valence-electron chi connectivity index (χ3n) is 3.53. The van der Waals surface area contributed by atoms with E-state index >= 15 is 0 Å². The summed E-state index contributed by atoms with van der Waals surface area (Å²) >= 11 is 0. The summed E-state index contributed by atoms with van der Waals surface area (Å²) in [5.41, 5.74) is 1.65. The predicted octanol–water partition coefficient (Wildman–Crippen LogP) is 2.49. The SMILES string of the molecule is CC1(NCc2ccc3c(c2)OCCCO3)CC1. The molecule has 3 rings (SSSR count). The zero-order chi connectivity index (χ0) is 11.7. The fourth-order valence-corrected chi connectivity index (χ4v) is 2.00. The van der Waals surface area contributed by atoms with E-state index in [1.807, 2.05) is 6.07 Å². The molecule has 1 heterocycles. The Labute approximate surface area is 102 Å². The third kappa shape index (κ3) is 2.55. The minimum Gasteiger partial charge on any atom is -0.490 e. The second-order valence-corrected chi connectivity index (χ2v) is 5.25. The molecule has 1 aliphatic heterocycles. The minimum absolute atomic E-state index is 0.379. The van der Waals surface area contributed by atoms with Gasteiger partial charge in [-0.25, -0.2) is 0 Å². The summed E-state index contributed by atoms with van der Waals surface area (Å²) in [6.45, 7) is 4.69.